The van der Waals surface area contributed by atoms with Gasteiger partial charge in [0.25, 0.3) is 0 Å². The number of phenolic OH excluding ortho intramolecular Hbond substituents is 3. The maximum absolute atomic E-state index is 12.8. The Morgan fingerprint density at radius 1 is 0.817 bits per heavy atom. The van der Waals surface area contributed by atoms with Gasteiger partial charge < -0.3 is 69.5 Å². The van der Waals surface area contributed by atoms with Crippen molar-refractivity contribution < 1.29 is 69.0 Å². The number of rotatable bonds is 17. The molecule has 5 aromatic rings. The van der Waals surface area contributed by atoms with Gasteiger partial charge in [-0.2, -0.15) is 0 Å². The topological polar surface area (TPSA) is 252 Å². The van der Waals surface area contributed by atoms with Crippen LogP contribution in [-0.2, 0) is 20.6 Å². The third-order valence-corrected chi connectivity index (χ3v) is 9.10. The third-order valence-electron chi connectivity index (χ3n) is 9.10. The first-order chi connectivity index (χ1) is 29.0. The van der Waals surface area contributed by atoms with Gasteiger partial charge in [0.15, 0.2) is 17.3 Å². The van der Waals surface area contributed by atoms with Crippen LogP contribution in [0, 0.1) is 12.3 Å². The van der Waals surface area contributed by atoms with Crippen LogP contribution in [0.2, 0.25) is 0 Å². The molecule has 0 aliphatic carbocycles. The van der Waals surface area contributed by atoms with Crippen molar-refractivity contribution in [3.05, 3.63) is 95.8 Å². The number of ketones is 1. The summed E-state index contributed by atoms with van der Waals surface area (Å²) in [4.78, 5) is 21.5. The van der Waals surface area contributed by atoms with Crippen LogP contribution in [0.3, 0.4) is 0 Å². The van der Waals surface area contributed by atoms with E-state index in [-0.39, 0.29) is 23.5 Å². The second-order valence-electron chi connectivity index (χ2n) is 13.3. The van der Waals surface area contributed by atoms with Crippen molar-refractivity contribution in [1.82, 2.24) is 9.97 Å². The monoisotopic (exact) mass is 829 g/mol. The van der Waals surface area contributed by atoms with Crippen molar-refractivity contribution in [3.8, 4) is 46.8 Å². The van der Waals surface area contributed by atoms with E-state index in [1.165, 1.54) is 18.5 Å². The highest BCUT2D eigenvalue weighted by atomic mass is 16.7. The number of benzene rings is 4. The minimum Gasteiger partial charge on any atom is -0.508 e. The van der Waals surface area contributed by atoms with Gasteiger partial charge in [0.2, 0.25) is 6.29 Å². The fourth-order valence-corrected chi connectivity index (χ4v) is 5.98. The summed E-state index contributed by atoms with van der Waals surface area (Å²) in [5.74, 6) is 2.70. The number of aromatic hydroxyl groups is 3. The van der Waals surface area contributed by atoms with Crippen molar-refractivity contribution in [2.24, 2.45) is 0 Å². The average Bonchev–Trinajstić information content (AvgIpc) is 3.24. The fraction of sp³-hybridized carbons (Fsp3) is 0.326. The van der Waals surface area contributed by atoms with Crippen LogP contribution in [0.5, 0.6) is 34.5 Å². The number of hydrogen-bond donors (Lipinski definition) is 8. The highest BCUT2D eigenvalue weighted by molar-refractivity contribution is 6.01. The maximum atomic E-state index is 12.8. The lowest BCUT2D eigenvalue weighted by molar-refractivity contribution is -0.277. The van der Waals surface area contributed by atoms with Crippen LogP contribution < -0.4 is 19.5 Å². The predicted octanol–water partition coefficient (Wildman–Crippen LogP) is 3.20. The molecule has 0 saturated carbocycles. The first kappa shape index (κ1) is 44.9. The second-order valence-corrected chi connectivity index (χ2v) is 13.3. The lowest BCUT2D eigenvalue weighted by Crippen LogP contribution is -2.60. The van der Waals surface area contributed by atoms with Crippen LogP contribution in [-0.4, -0.2) is 129 Å². The molecule has 4 aromatic carbocycles. The Labute approximate surface area is 345 Å². The number of fused-ring (bicyclic) bond motifs is 1. The van der Waals surface area contributed by atoms with E-state index in [1.54, 1.807) is 26.4 Å². The molecule has 60 heavy (non-hydrogen) atoms. The number of carbonyl (C=O) groups is 1. The number of aromatic nitrogens is 2. The van der Waals surface area contributed by atoms with Gasteiger partial charge in [-0.05, 0) is 48.4 Å². The summed E-state index contributed by atoms with van der Waals surface area (Å²) in [7, 11) is 3.25. The Morgan fingerprint density at radius 2 is 1.52 bits per heavy atom. The van der Waals surface area contributed by atoms with E-state index in [0.717, 1.165) is 39.8 Å². The number of carbonyl (C=O) groups excluding carboxylic acids is 1. The molecule has 5 atom stereocenters. The number of nitrogens with one attached hydrogen (secondary N) is 1. The Kier molecular flexibility index (Phi) is 16.2. The van der Waals surface area contributed by atoms with Gasteiger partial charge >= 0.3 is 0 Å². The third kappa shape index (κ3) is 11.7. The average molecular weight is 830 g/mol. The van der Waals surface area contributed by atoms with Crippen molar-refractivity contribution in [2.45, 2.75) is 43.5 Å². The Hall–Kier alpha value is -6.23. The van der Waals surface area contributed by atoms with E-state index >= 15 is 0 Å². The number of aryl methyl sites for hydroxylation is 1. The van der Waals surface area contributed by atoms with Gasteiger partial charge in [-0.1, -0.05) is 24.1 Å². The molecule has 318 valence electrons. The number of anilines is 2. The number of terminal acetylenes is 1. The standard InChI is InChI=1S/C22H23N3O4.C21H24O10/c1-4-16-6-5-7-17(12-16)25-22-18-13-20(28-10-8-26-2)21(29-11-9-27-3)14-19(18)23-15-24-22;22-9-16-18(27)19(28)20(29)21(31-16)30-15-8-12(24)7-14(26)17(15)13(25)6-3-10-1-4-11(23)5-2-10/h1,5-7,12-15H,8-11H2,2-3H3,(H,23,24,25);1-2,4-5,7-8,16,18-24,26-29H,3,6,9H2/t;16-,18-,19+,20-,21-/m.1/s1. The summed E-state index contributed by atoms with van der Waals surface area (Å²) < 4.78 is 32.5. The van der Waals surface area contributed by atoms with Crippen molar-refractivity contribution in [2.75, 3.05) is 52.6 Å². The molecule has 17 nitrogen and oxygen atoms in total. The molecular formula is C43H47N3O14. The van der Waals surface area contributed by atoms with Gasteiger partial charge in [-0.15, -0.1) is 6.42 Å². The molecule has 8 N–H and O–H groups in total. The molecule has 1 aliphatic heterocycles. The zero-order chi connectivity index (χ0) is 43.2. The number of aliphatic hydroxyl groups excluding tert-OH is 4. The normalized spacial score (nSPS) is 18.4. The predicted molar refractivity (Wildman–Crippen MR) is 217 cm³/mol. The number of phenols is 3. The molecule has 2 heterocycles. The van der Waals surface area contributed by atoms with E-state index in [4.69, 9.17) is 34.8 Å². The van der Waals surface area contributed by atoms with Crippen LogP contribution >= 0.6 is 0 Å². The van der Waals surface area contributed by atoms with Crippen molar-refractivity contribution in [1.29, 1.82) is 0 Å². The molecule has 17 heteroatoms. The molecule has 0 amide bonds. The SMILES string of the molecule is C#Cc1cccc(Nc2ncnc3cc(OCCOC)c(OCCOC)cc23)c1.O=C(CCc1ccc(O)cc1)c1c(O)cc(O)cc1O[C@@H]1O[C@H](CO)[C@@H](O)[C@H](O)[C@H]1O. The summed E-state index contributed by atoms with van der Waals surface area (Å²) >= 11 is 0. The van der Waals surface area contributed by atoms with E-state index in [1.807, 2.05) is 36.4 Å². The van der Waals surface area contributed by atoms with Crippen LogP contribution in [0.1, 0.15) is 27.9 Å². The summed E-state index contributed by atoms with van der Waals surface area (Å²) in [6.07, 6.45) is -0.619. The molecule has 1 fully saturated rings. The summed E-state index contributed by atoms with van der Waals surface area (Å²) in [5.41, 5.74) is 2.84. The summed E-state index contributed by atoms with van der Waals surface area (Å²) in [6, 6.07) is 19.5. The minimum absolute atomic E-state index is 0.0475. The maximum Gasteiger partial charge on any atom is 0.229 e. The number of ether oxygens (including phenoxy) is 6. The molecule has 0 unspecified atom stereocenters. The Bertz CT molecular complexity index is 2230. The fourth-order valence-electron chi connectivity index (χ4n) is 5.98. The van der Waals surface area contributed by atoms with Crippen molar-refractivity contribution >= 4 is 28.2 Å². The molecule has 1 aromatic heterocycles. The summed E-state index contributed by atoms with van der Waals surface area (Å²) in [5, 5.41) is 72.7. The number of nitrogens with zero attached hydrogens (tertiary/aromatic N) is 2. The number of hydrogen-bond acceptors (Lipinski definition) is 17. The number of Topliss-reactive ketones (excluding diaryl/α,β-unsaturated/α-hetero) is 1. The van der Waals surface area contributed by atoms with E-state index < -0.39 is 54.6 Å². The number of methoxy groups -OCH3 is 2. The van der Waals surface area contributed by atoms with Gasteiger partial charge in [-0.25, -0.2) is 9.97 Å². The largest absolute Gasteiger partial charge is 0.508 e. The van der Waals surface area contributed by atoms with Gasteiger partial charge in [0.1, 0.15) is 78.3 Å². The quantitative estimate of drug-likeness (QED) is 0.0381. The lowest BCUT2D eigenvalue weighted by atomic mass is 9.99. The Balaban J connectivity index is 0.000000228. The van der Waals surface area contributed by atoms with E-state index in [2.05, 4.69) is 21.2 Å². The van der Waals surface area contributed by atoms with Gasteiger partial charge in [0.05, 0.1) is 25.3 Å². The zero-order valence-electron chi connectivity index (χ0n) is 32.8. The van der Waals surface area contributed by atoms with Crippen molar-refractivity contribution in [3.63, 3.8) is 0 Å². The van der Waals surface area contributed by atoms with Crippen LogP contribution in [0.4, 0.5) is 11.5 Å². The lowest BCUT2D eigenvalue weighted by Gasteiger charge is -2.39. The molecule has 0 bridgehead atoms. The molecular weight excluding hydrogens is 782 g/mol. The molecule has 6 rings (SSSR count). The van der Waals surface area contributed by atoms with Gasteiger partial charge in [-0.3, -0.25) is 4.79 Å². The minimum atomic E-state index is -1.73. The smallest absolute Gasteiger partial charge is 0.229 e. The zero-order valence-corrected chi connectivity index (χ0v) is 32.8. The van der Waals surface area contributed by atoms with Crippen LogP contribution in [0.25, 0.3) is 10.9 Å². The van der Waals surface area contributed by atoms with Crippen LogP contribution in [0.15, 0.2) is 79.1 Å². The molecule has 1 aliphatic rings. The number of aliphatic hydroxyl groups is 4. The Morgan fingerprint density at radius 3 is 2.18 bits per heavy atom. The van der Waals surface area contributed by atoms with E-state index in [9.17, 15) is 40.5 Å². The highest BCUT2D eigenvalue weighted by Gasteiger charge is 2.45. The van der Waals surface area contributed by atoms with Gasteiger partial charge in [0, 0.05) is 55.5 Å². The second kappa shape index (κ2) is 21.7. The molecule has 0 spiro atoms. The summed E-state index contributed by atoms with van der Waals surface area (Å²) in [6.45, 7) is 1.05. The first-order valence-corrected chi connectivity index (χ1v) is 18.7. The highest BCUT2D eigenvalue weighted by Crippen LogP contribution is 2.37. The molecule has 0 radical (unpaired) electrons. The molecule has 1 saturated heterocycles. The van der Waals surface area contributed by atoms with E-state index in [0.29, 0.717) is 50.2 Å². The first-order valence-electron chi connectivity index (χ1n) is 18.7.